The van der Waals surface area contributed by atoms with Crippen LogP contribution >= 0.6 is 11.3 Å². The lowest BCUT2D eigenvalue weighted by molar-refractivity contribution is 0.293. The smallest absolute Gasteiger partial charge is 0.165 e. The van der Waals surface area contributed by atoms with E-state index in [1.165, 1.54) is 6.07 Å². The molecule has 0 aliphatic heterocycles. The van der Waals surface area contributed by atoms with Gasteiger partial charge in [-0.15, -0.1) is 11.3 Å². The van der Waals surface area contributed by atoms with Crippen molar-refractivity contribution in [1.82, 2.24) is 5.32 Å². The number of halogens is 1. The lowest BCUT2D eigenvalue weighted by atomic mass is 10.1. The second-order valence-corrected chi connectivity index (χ2v) is 5.10. The Hall–Kier alpha value is -1.39. The van der Waals surface area contributed by atoms with Gasteiger partial charge in [0.1, 0.15) is 6.61 Å². The Morgan fingerprint density at radius 2 is 2.22 bits per heavy atom. The number of nitrogens with one attached hydrogen (secondary N) is 1. The zero-order valence-corrected chi connectivity index (χ0v) is 11.3. The van der Waals surface area contributed by atoms with Crippen LogP contribution < -0.4 is 10.1 Å². The summed E-state index contributed by atoms with van der Waals surface area (Å²) in [5.41, 5.74) is 0.915. The lowest BCUT2D eigenvalue weighted by Gasteiger charge is -2.12. The molecular weight excluding hydrogens is 249 g/mol. The molecule has 0 spiro atoms. The summed E-state index contributed by atoms with van der Waals surface area (Å²) in [6.07, 6.45) is 0. The highest BCUT2D eigenvalue weighted by atomic mass is 32.1. The predicted molar refractivity (Wildman–Crippen MR) is 72.5 cm³/mol. The van der Waals surface area contributed by atoms with Crippen LogP contribution in [0.5, 0.6) is 5.75 Å². The number of thiophene rings is 1. The van der Waals surface area contributed by atoms with Crippen molar-refractivity contribution in [2.24, 2.45) is 0 Å². The Morgan fingerprint density at radius 1 is 1.39 bits per heavy atom. The predicted octanol–water partition coefficient (Wildman–Crippen LogP) is 3.75. The van der Waals surface area contributed by atoms with Gasteiger partial charge >= 0.3 is 0 Å². The van der Waals surface area contributed by atoms with E-state index in [0.717, 1.165) is 10.4 Å². The zero-order chi connectivity index (χ0) is 13.0. The topological polar surface area (TPSA) is 21.3 Å². The van der Waals surface area contributed by atoms with Crippen LogP contribution in [0.2, 0.25) is 0 Å². The molecule has 0 saturated carbocycles. The summed E-state index contributed by atoms with van der Waals surface area (Å²) in [5, 5.41) is 5.06. The molecule has 0 fully saturated rings. The quantitative estimate of drug-likeness (QED) is 0.889. The van der Waals surface area contributed by atoms with Crippen LogP contribution in [0.3, 0.4) is 0 Å². The van der Waals surface area contributed by atoms with Gasteiger partial charge in [-0.05, 0) is 43.1 Å². The van der Waals surface area contributed by atoms with Gasteiger partial charge in [-0.3, -0.25) is 0 Å². The maximum absolute atomic E-state index is 13.8. The highest BCUT2D eigenvalue weighted by molar-refractivity contribution is 7.09. The fourth-order valence-corrected chi connectivity index (χ4v) is 2.23. The third-order valence-corrected chi connectivity index (χ3v) is 3.69. The summed E-state index contributed by atoms with van der Waals surface area (Å²) in [6, 6.07) is 9.15. The van der Waals surface area contributed by atoms with Gasteiger partial charge in [-0.1, -0.05) is 12.1 Å². The van der Waals surface area contributed by atoms with Crippen molar-refractivity contribution in [3.05, 3.63) is 52.0 Å². The first-order valence-electron chi connectivity index (χ1n) is 5.82. The van der Waals surface area contributed by atoms with Crippen molar-refractivity contribution >= 4 is 11.3 Å². The van der Waals surface area contributed by atoms with Crippen molar-refractivity contribution in [3.63, 3.8) is 0 Å². The van der Waals surface area contributed by atoms with E-state index < -0.39 is 0 Å². The molecule has 0 saturated heterocycles. The molecule has 1 aromatic carbocycles. The number of hydrogen-bond donors (Lipinski definition) is 1. The summed E-state index contributed by atoms with van der Waals surface area (Å²) in [4.78, 5) is 1.09. The number of ether oxygens (including phenoxy) is 1. The number of hydrogen-bond acceptors (Lipinski definition) is 3. The van der Waals surface area contributed by atoms with Gasteiger partial charge < -0.3 is 10.1 Å². The van der Waals surface area contributed by atoms with E-state index in [2.05, 4.69) is 5.32 Å². The summed E-state index contributed by atoms with van der Waals surface area (Å²) >= 11 is 1.60. The molecule has 96 valence electrons. The Kier molecular flexibility index (Phi) is 4.33. The Balaban J connectivity index is 2.05. The van der Waals surface area contributed by atoms with E-state index in [1.807, 2.05) is 37.6 Å². The maximum atomic E-state index is 13.8. The van der Waals surface area contributed by atoms with E-state index in [4.69, 9.17) is 4.74 Å². The van der Waals surface area contributed by atoms with Crippen LogP contribution in [0.25, 0.3) is 0 Å². The van der Waals surface area contributed by atoms with Crippen molar-refractivity contribution in [2.75, 3.05) is 7.05 Å². The van der Waals surface area contributed by atoms with Crippen molar-refractivity contribution in [3.8, 4) is 5.75 Å². The maximum Gasteiger partial charge on any atom is 0.165 e. The largest absolute Gasteiger partial charge is 0.485 e. The molecule has 2 aromatic rings. The van der Waals surface area contributed by atoms with Crippen molar-refractivity contribution in [2.45, 2.75) is 19.6 Å². The molecule has 1 aromatic heterocycles. The molecule has 2 nitrogen and oxygen atoms in total. The van der Waals surface area contributed by atoms with Gasteiger partial charge in [-0.25, -0.2) is 4.39 Å². The number of benzene rings is 1. The van der Waals surface area contributed by atoms with E-state index in [-0.39, 0.29) is 11.9 Å². The third kappa shape index (κ3) is 3.09. The summed E-state index contributed by atoms with van der Waals surface area (Å²) in [5.74, 6) is -0.0124. The highest BCUT2D eigenvalue weighted by Gasteiger charge is 2.08. The van der Waals surface area contributed by atoms with E-state index >= 15 is 0 Å². The minimum atomic E-state index is -0.314. The molecule has 18 heavy (non-hydrogen) atoms. The van der Waals surface area contributed by atoms with Crippen molar-refractivity contribution < 1.29 is 9.13 Å². The van der Waals surface area contributed by atoms with Crippen LogP contribution in [0.4, 0.5) is 4.39 Å². The summed E-state index contributed by atoms with van der Waals surface area (Å²) in [7, 11) is 1.85. The second-order valence-electron chi connectivity index (χ2n) is 4.07. The molecule has 1 atom stereocenters. The molecule has 2 rings (SSSR count). The first kappa shape index (κ1) is 13.1. The Labute approximate surface area is 110 Å². The minimum Gasteiger partial charge on any atom is -0.485 e. The fraction of sp³-hybridized carbons (Fsp3) is 0.286. The monoisotopic (exact) mass is 265 g/mol. The van der Waals surface area contributed by atoms with Gasteiger partial charge in [-0.2, -0.15) is 0 Å². The molecule has 0 amide bonds. The minimum absolute atomic E-state index is 0.130. The van der Waals surface area contributed by atoms with Gasteiger partial charge in [0, 0.05) is 10.9 Å². The fourth-order valence-electron chi connectivity index (χ4n) is 1.61. The molecule has 1 unspecified atom stereocenters. The normalized spacial score (nSPS) is 12.4. The first-order chi connectivity index (χ1) is 8.70. The van der Waals surface area contributed by atoms with E-state index in [0.29, 0.717) is 12.4 Å². The molecule has 0 aliphatic carbocycles. The van der Waals surface area contributed by atoms with Crippen LogP contribution in [-0.2, 0) is 6.61 Å². The number of rotatable bonds is 5. The van der Waals surface area contributed by atoms with Crippen LogP contribution in [-0.4, -0.2) is 7.05 Å². The molecule has 0 aliphatic rings. The zero-order valence-electron chi connectivity index (χ0n) is 10.4. The van der Waals surface area contributed by atoms with Crippen molar-refractivity contribution in [1.29, 1.82) is 0 Å². The van der Waals surface area contributed by atoms with Gasteiger partial charge in [0.15, 0.2) is 11.6 Å². The molecule has 1 N–H and O–H groups in total. The summed E-state index contributed by atoms with van der Waals surface area (Å²) in [6.45, 7) is 2.40. The summed E-state index contributed by atoms with van der Waals surface area (Å²) < 4.78 is 19.3. The van der Waals surface area contributed by atoms with Gasteiger partial charge in [0.05, 0.1) is 0 Å². The van der Waals surface area contributed by atoms with E-state index in [9.17, 15) is 4.39 Å². The second kappa shape index (κ2) is 5.98. The van der Waals surface area contributed by atoms with E-state index in [1.54, 1.807) is 17.4 Å². The van der Waals surface area contributed by atoms with Crippen LogP contribution in [0, 0.1) is 5.82 Å². The Bertz CT molecular complexity index is 499. The highest BCUT2D eigenvalue weighted by Crippen LogP contribution is 2.23. The SMILES string of the molecule is CNC(C)c1ccc(OCc2cccs2)c(F)c1. The third-order valence-electron chi connectivity index (χ3n) is 2.84. The molecule has 4 heteroatoms. The van der Waals surface area contributed by atoms with Gasteiger partial charge in [0.25, 0.3) is 0 Å². The Morgan fingerprint density at radius 3 is 2.83 bits per heavy atom. The average molecular weight is 265 g/mol. The molecular formula is C14H16FNOS. The van der Waals surface area contributed by atoms with Crippen LogP contribution in [0.1, 0.15) is 23.4 Å². The molecule has 0 radical (unpaired) electrons. The average Bonchev–Trinajstić information content (AvgIpc) is 2.89. The lowest BCUT2D eigenvalue weighted by Crippen LogP contribution is -2.12. The first-order valence-corrected chi connectivity index (χ1v) is 6.70. The van der Waals surface area contributed by atoms with Crippen LogP contribution in [0.15, 0.2) is 35.7 Å². The standard InChI is InChI=1S/C14H16FNOS/c1-10(16-2)11-5-6-14(13(15)8-11)17-9-12-4-3-7-18-12/h3-8,10,16H,9H2,1-2H3. The molecule has 0 bridgehead atoms. The van der Waals surface area contributed by atoms with Gasteiger partial charge in [0.2, 0.25) is 0 Å². The molecule has 1 heterocycles.